The van der Waals surface area contributed by atoms with Crippen LogP contribution < -0.4 is 10.0 Å². The number of sulfonamides is 1. The van der Waals surface area contributed by atoms with Crippen LogP contribution in [0.15, 0.2) is 83.8 Å². The summed E-state index contributed by atoms with van der Waals surface area (Å²) in [5.74, 6) is -1.65. The van der Waals surface area contributed by atoms with Crippen LogP contribution in [0, 0.1) is 0 Å². The molecule has 160 valence electrons. The number of benzene rings is 3. The molecule has 1 amide bonds. The SMILES string of the molecule is O=C(Nc1ccc(S(=O)(=O)N[C@H](Cc2ccc(O)cc2)C(=O)O)cc1)c1ccccc1. The van der Waals surface area contributed by atoms with E-state index in [1.54, 1.807) is 30.3 Å². The van der Waals surface area contributed by atoms with Crippen LogP contribution in [-0.2, 0) is 21.2 Å². The van der Waals surface area contributed by atoms with Crippen molar-refractivity contribution < 1.29 is 28.2 Å². The third-order valence-electron chi connectivity index (χ3n) is 4.43. The first-order chi connectivity index (χ1) is 14.7. The molecule has 0 aromatic heterocycles. The van der Waals surface area contributed by atoms with Gasteiger partial charge in [0.15, 0.2) is 0 Å². The van der Waals surface area contributed by atoms with Gasteiger partial charge in [0.05, 0.1) is 4.90 Å². The van der Waals surface area contributed by atoms with Gasteiger partial charge in [0.2, 0.25) is 10.0 Å². The van der Waals surface area contributed by atoms with Gasteiger partial charge in [-0.3, -0.25) is 9.59 Å². The molecule has 0 saturated heterocycles. The first-order valence-corrected chi connectivity index (χ1v) is 10.7. The standard InChI is InChI=1S/C22H20N2O6S/c25-18-10-6-15(7-11-18)14-20(22(27)28)24-31(29,30)19-12-8-17(9-13-19)23-21(26)16-4-2-1-3-5-16/h1-13,20,24-25H,14H2,(H,23,26)(H,27,28)/t20-/m1/s1. The molecule has 3 aromatic carbocycles. The van der Waals surface area contributed by atoms with E-state index in [0.717, 1.165) is 0 Å². The topological polar surface area (TPSA) is 133 Å². The van der Waals surface area contributed by atoms with Crippen LogP contribution in [-0.4, -0.2) is 36.5 Å². The molecular formula is C22H20N2O6S. The Kier molecular flexibility index (Phi) is 6.68. The van der Waals surface area contributed by atoms with Gasteiger partial charge in [-0.2, -0.15) is 4.72 Å². The first kappa shape index (κ1) is 22.0. The predicted octanol–water partition coefficient (Wildman–Crippen LogP) is 2.62. The highest BCUT2D eigenvalue weighted by Crippen LogP contribution is 2.17. The summed E-state index contributed by atoms with van der Waals surface area (Å²) in [6.07, 6.45) is -0.0972. The summed E-state index contributed by atoms with van der Waals surface area (Å²) in [4.78, 5) is 23.6. The number of nitrogens with one attached hydrogen (secondary N) is 2. The Balaban J connectivity index is 1.70. The van der Waals surface area contributed by atoms with E-state index < -0.39 is 22.0 Å². The van der Waals surface area contributed by atoms with E-state index >= 15 is 0 Å². The number of carboxylic acid groups (broad SMARTS) is 1. The quantitative estimate of drug-likeness (QED) is 0.426. The number of amides is 1. The van der Waals surface area contributed by atoms with Crippen LogP contribution in [0.4, 0.5) is 5.69 Å². The second kappa shape index (κ2) is 9.41. The van der Waals surface area contributed by atoms with Crippen molar-refractivity contribution in [3.05, 3.63) is 90.0 Å². The minimum absolute atomic E-state index is 0.0238. The summed E-state index contributed by atoms with van der Waals surface area (Å²) in [5, 5.41) is 21.4. The van der Waals surface area contributed by atoms with E-state index in [1.807, 2.05) is 0 Å². The molecule has 31 heavy (non-hydrogen) atoms. The Hall–Kier alpha value is -3.69. The maximum atomic E-state index is 12.6. The Bertz CT molecular complexity index is 1160. The molecule has 0 radical (unpaired) electrons. The van der Waals surface area contributed by atoms with Crippen LogP contribution >= 0.6 is 0 Å². The van der Waals surface area contributed by atoms with Gasteiger partial charge in [0.25, 0.3) is 5.91 Å². The molecular weight excluding hydrogens is 420 g/mol. The number of rotatable bonds is 8. The normalized spacial score (nSPS) is 12.1. The van der Waals surface area contributed by atoms with E-state index in [-0.39, 0.29) is 23.0 Å². The summed E-state index contributed by atoms with van der Waals surface area (Å²) < 4.78 is 27.5. The number of carboxylic acids is 1. The van der Waals surface area contributed by atoms with Crippen molar-refractivity contribution in [2.45, 2.75) is 17.4 Å². The summed E-state index contributed by atoms with van der Waals surface area (Å²) in [7, 11) is -4.12. The van der Waals surface area contributed by atoms with Crippen molar-refractivity contribution in [3.63, 3.8) is 0 Å². The number of hydrogen-bond acceptors (Lipinski definition) is 5. The van der Waals surface area contributed by atoms with Gasteiger partial charge in [-0.1, -0.05) is 30.3 Å². The number of phenols is 1. The lowest BCUT2D eigenvalue weighted by molar-refractivity contribution is -0.138. The van der Waals surface area contributed by atoms with Gasteiger partial charge in [0, 0.05) is 11.3 Å². The van der Waals surface area contributed by atoms with Crippen LogP contribution in [0.5, 0.6) is 5.75 Å². The van der Waals surface area contributed by atoms with Crippen LogP contribution in [0.1, 0.15) is 15.9 Å². The van der Waals surface area contributed by atoms with Gasteiger partial charge in [-0.15, -0.1) is 0 Å². The number of aromatic hydroxyl groups is 1. The number of hydrogen-bond donors (Lipinski definition) is 4. The molecule has 0 fully saturated rings. The van der Waals surface area contributed by atoms with Gasteiger partial charge in [-0.25, -0.2) is 8.42 Å². The predicted molar refractivity (Wildman–Crippen MR) is 114 cm³/mol. The Morgan fingerprint density at radius 2 is 1.48 bits per heavy atom. The number of anilines is 1. The van der Waals surface area contributed by atoms with Crippen molar-refractivity contribution in [2.24, 2.45) is 0 Å². The minimum Gasteiger partial charge on any atom is -0.508 e. The summed E-state index contributed by atoms with van der Waals surface area (Å²) in [6.45, 7) is 0. The highest BCUT2D eigenvalue weighted by Gasteiger charge is 2.25. The van der Waals surface area contributed by atoms with Gasteiger partial charge in [-0.05, 0) is 60.5 Å². The molecule has 3 aromatic rings. The molecule has 0 saturated carbocycles. The summed E-state index contributed by atoms with van der Waals surface area (Å²) >= 11 is 0. The van der Waals surface area contributed by atoms with Crippen molar-refractivity contribution in [3.8, 4) is 5.75 Å². The van der Waals surface area contributed by atoms with Gasteiger partial charge < -0.3 is 15.5 Å². The molecule has 4 N–H and O–H groups in total. The van der Waals surface area contributed by atoms with E-state index in [0.29, 0.717) is 16.8 Å². The van der Waals surface area contributed by atoms with Crippen molar-refractivity contribution in [2.75, 3.05) is 5.32 Å². The Labute approximate surface area is 179 Å². The monoisotopic (exact) mass is 440 g/mol. The van der Waals surface area contributed by atoms with Crippen molar-refractivity contribution in [1.82, 2.24) is 4.72 Å². The van der Waals surface area contributed by atoms with E-state index in [4.69, 9.17) is 0 Å². The molecule has 0 unspecified atom stereocenters. The third-order valence-corrected chi connectivity index (χ3v) is 5.92. The summed E-state index contributed by atoms with van der Waals surface area (Å²) in [6, 6.07) is 18.4. The van der Waals surface area contributed by atoms with Crippen molar-refractivity contribution in [1.29, 1.82) is 0 Å². The van der Waals surface area contributed by atoms with E-state index in [2.05, 4.69) is 10.0 Å². The van der Waals surface area contributed by atoms with Gasteiger partial charge >= 0.3 is 5.97 Å². The van der Waals surface area contributed by atoms with Gasteiger partial charge in [0.1, 0.15) is 11.8 Å². The van der Waals surface area contributed by atoms with Crippen molar-refractivity contribution >= 4 is 27.6 Å². The molecule has 0 aliphatic heterocycles. The Morgan fingerprint density at radius 1 is 0.871 bits per heavy atom. The van der Waals surface area contributed by atoms with Crippen LogP contribution in [0.25, 0.3) is 0 Å². The van der Waals surface area contributed by atoms with Crippen LogP contribution in [0.2, 0.25) is 0 Å². The highest BCUT2D eigenvalue weighted by molar-refractivity contribution is 7.89. The second-order valence-electron chi connectivity index (χ2n) is 6.73. The average Bonchev–Trinajstić information content (AvgIpc) is 2.75. The zero-order chi connectivity index (χ0) is 22.4. The molecule has 0 aliphatic rings. The molecule has 0 spiro atoms. The number of aliphatic carboxylic acids is 1. The second-order valence-corrected chi connectivity index (χ2v) is 8.44. The first-order valence-electron chi connectivity index (χ1n) is 9.24. The van der Waals surface area contributed by atoms with Crippen LogP contribution in [0.3, 0.4) is 0 Å². The van der Waals surface area contributed by atoms with E-state index in [1.165, 1.54) is 48.5 Å². The number of carbonyl (C=O) groups excluding carboxylic acids is 1. The number of phenolic OH excluding ortho intramolecular Hbond substituents is 1. The largest absolute Gasteiger partial charge is 0.508 e. The molecule has 3 rings (SSSR count). The fourth-order valence-electron chi connectivity index (χ4n) is 2.81. The van der Waals surface area contributed by atoms with E-state index in [9.17, 15) is 28.2 Å². The molecule has 9 heteroatoms. The molecule has 0 bridgehead atoms. The lowest BCUT2D eigenvalue weighted by Crippen LogP contribution is -2.42. The molecule has 0 aliphatic carbocycles. The fourth-order valence-corrected chi connectivity index (χ4v) is 4.00. The Morgan fingerprint density at radius 3 is 2.06 bits per heavy atom. The zero-order valence-electron chi connectivity index (χ0n) is 16.2. The maximum Gasteiger partial charge on any atom is 0.322 e. The maximum absolute atomic E-state index is 12.6. The lowest BCUT2D eigenvalue weighted by atomic mass is 10.1. The lowest BCUT2D eigenvalue weighted by Gasteiger charge is -2.15. The average molecular weight is 440 g/mol. The molecule has 0 heterocycles. The highest BCUT2D eigenvalue weighted by atomic mass is 32.2. The number of carbonyl (C=O) groups is 2. The third kappa shape index (κ3) is 5.91. The molecule has 1 atom stereocenters. The molecule has 8 nitrogen and oxygen atoms in total. The summed E-state index contributed by atoms with van der Waals surface area (Å²) in [5.41, 5.74) is 1.40. The minimum atomic E-state index is -4.12. The fraction of sp³-hybridized carbons (Fsp3) is 0.0909. The smallest absolute Gasteiger partial charge is 0.322 e. The zero-order valence-corrected chi connectivity index (χ0v) is 17.0.